The molecule has 13 heteroatoms. The number of non-ortho nitro benzene ring substituents is 1. The molecule has 0 spiro atoms. The fraction of sp³-hybridized carbons (Fsp3) is 0.565. The van der Waals surface area contributed by atoms with Gasteiger partial charge < -0.3 is 9.16 Å². The van der Waals surface area contributed by atoms with Crippen LogP contribution in [-0.4, -0.2) is 56.7 Å². The van der Waals surface area contributed by atoms with E-state index in [0.29, 0.717) is 9.09 Å². The van der Waals surface area contributed by atoms with Crippen LogP contribution in [0.4, 0.5) is 5.69 Å². The molecule has 1 aliphatic heterocycles. The van der Waals surface area contributed by atoms with Gasteiger partial charge in [-0.05, 0) is 48.5 Å². The van der Waals surface area contributed by atoms with E-state index >= 15 is 0 Å². The average molecular weight is 573 g/mol. The summed E-state index contributed by atoms with van der Waals surface area (Å²) in [5.41, 5.74) is 0.366. The molecule has 2 amide bonds. The van der Waals surface area contributed by atoms with Crippen LogP contribution < -0.4 is 0 Å². The molecular weight excluding hydrogens is 541 g/mol. The van der Waals surface area contributed by atoms with Crippen LogP contribution >= 0.6 is 35.7 Å². The third kappa shape index (κ3) is 7.15. The summed E-state index contributed by atoms with van der Waals surface area (Å²) in [4.78, 5) is 49.7. The molecular formula is C23H32N2O7S3Si. The van der Waals surface area contributed by atoms with E-state index in [-0.39, 0.29) is 17.3 Å². The molecule has 0 saturated carbocycles. The fourth-order valence-electron chi connectivity index (χ4n) is 3.25. The van der Waals surface area contributed by atoms with Gasteiger partial charge in [-0.1, -0.05) is 51.7 Å². The molecule has 1 aliphatic rings. The van der Waals surface area contributed by atoms with E-state index in [2.05, 4.69) is 33.9 Å². The van der Waals surface area contributed by atoms with E-state index in [1.807, 2.05) is 13.8 Å². The van der Waals surface area contributed by atoms with Gasteiger partial charge in [-0.15, -0.1) is 11.8 Å². The zero-order valence-electron chi connectivity index (χ0n) is 21.4. The number of likely N-dealkylation sites (tertiary alicyclic amines) is 1. The maximum absolute atomic E-state index is 13.1. The monoisotopic (exact) mass is 572 g/mol. The van der Waals surface area contributed by atoms with Gasteiger partial charge in [0.05, 0.1) is 16.9 Å². The second-order valence-corrected chi connectivity index (χ2v) is 18.2. The van der Waals surface area contributed by atoms with Gasteiger partial charge in [-0.2, -0.15) is 0 Å². The number of β-lactam (4-membered cyclic amide) rings is 1. The van der Waals surface area contributed by atoms with Crippen LogP contribution in [0.3, 0.4) is 0 Å². The number of thiocarbonyl (C=S) groups is 1. The number of thioether (sulfide) groups is 2. The Morgan fingerprint density at radius 1 is 1.25 bits per heavy atom. The van der Waals surface area contributed by atoms with E-state index in [9.17, 15) is 24.5 Å². The highest BCUT2D eigenvalue weighted by Gasteiger charge is 2.57. The molecule has 2 rings (SSSR count). The van der Waals surface area contributed by atoms with Gasteiger partial charge in [0.25, 0.3) is 5.69 Å². The summed E-state index contributed by atoms with van der Waals surface area (Å²) in [5.74, 6) is -2.65. The number of amides is 2. The predicted octanol–water partition coefficient (Wildman–Crippen LogP) is 5.13. The Labute approximate surface area is 226 Å². The number of imide groups is 1. The van der Waals surface area contributed by atoms with Crippen molar-refractivity contribution >= 4 is 71.1 Å². The first-order chi connectivity index (χ1) is 16.6. The number of ether oxygens (including phenoxy) is 1. The molecule has 0 N–H and O–H groups in total. The van der Waals surface area contributed by atoms with E-state index < -0.39 is 48.4 Å². The lowest BCUT2D eigenvalue weighted by atomic mass is 9.92. The molecule has 36 heavy (non-hydrogen) atoms. The SMILES string of the molecule is CCSC(=S)S[C@@H]1[C@@H]([C@@H](C)O[Si](C)(C)C(C)(C)C)C(=O)N1C(=O)C(=O)OCc1ccc([N+](=O)[O-])cc1. The van der Waals surface area contributed by atoms with Crippen molar-refractivity contribution in [1.82, 2.24) is 4.90 Å². The Kier molecular flexibility index (Phi) is 10.3. The summed E-state index contributed by atoms with van der Waals surface area (Å²) in [5, 5.41) is 10.0. The predicted molar refractivity (Wildman–Crippen MR) is 148 cm³/mol. The number of nitro groups is 1. The third-order valence-electron chi connectivity index (χ3n) is 6.27. The Bertz CT molecular complexity index is 1030. The Hall–Kier alpha value is -1.80. The van der Waals surface area contributed by atoms with Crippen molar-refractivity contribution < 1.29 is 28.5 Å². The summed E-state index contributed by atoms with van der Waals surface area (Å²) in [7, 11) is -2.20. The van der Waals surface area contributed by atoms with Gasteiger partial charge in [0.15, 0.2) is 8.32 Å². The molecule has 0 aliphatic carbocycles. The normalized spacial score (nSPS) is 18.9. The number of nitro benzene ring substituents is 1. The first-order valence-corrected chi connectivity index (χ1v) is 16.6. The van der Waals surface area contributed by atoms with E-state index in [1.54, 1.807) is 0 Å². The van der Waals surface area contributed by atoms with Crippen LogP contribution in [0.5, 0.6) is 0 Å². The molecule has 1 saturated heterocycles. The topological polar surface area (TPSA) is 116 Å². The van der Waals surface area contributed by atoms with E-state index in [1.165, 1.54) is 47.8 Å². The summed E-state index contributed by atoms with van der Waals surface area (Å²) < 4.78 is 12.1. The summed E-state index contributed by atoms with van der Waals surface area (Å²) >= 11 is 8.03. The molecule has 1 fully saturated rings. The maximum Gasteiger partial charge on any atom is 0.397 e. The van der Waals surface area contributed by atoms with Gasteiger partial charge in [-0.3, -0.25) is 24.6 Å². The number of esters is 1. The minimum Gasteiger partial charge on any atom is -0.454 e. The van der Waals surface area contributed by atoms with Crippen LogP contribution in [-0.2, 0) is 30.2 Å². The van der Waals surface area contributed by atoms with Gasteiger partial charge in [0.2, 0.25) is 5.91 Å². The second kappa shape index (κ2) is 12.2. The molecule has 1 aromatic carbocycles. The van der Waals surface area contributed by atoms with Crippen molar-refractivity contribution in [3.05, 3.63) is 39.9 Å². The summed E-state index contributed by atoms with van der Waals surface area (Å²) in [6.45, 7) is 14.0. The second-order valence-electron chi connectivity index (χ2n) is 9.81. The van der Waals surface area contributed by atoms with Crippen molar-refractivity contribution in [3.63, 3.8) is 0 Å². The minimum atomic E-state index is -2.20. The lowest BCUT2D eigenvalue weighted by Crippen LogP contribution is -2.67. The van der Waals surface area contributed by atoms with Crippen LogP contribution in [0.2, 0.25) is 18.1 Å². The van der Waals surface area contributed by atoms with Crippen molar-refractivity contribution in [2.75, 3.05) is 5.75 Å². The number of nitrogens with zero attached hydrogens (tertiary/aromatic N) is 2. The molecule has 1 heterocycles. The third-order valence-corrected chi connectivity index (χ3v) is 13.6. The standard InChI is InChI=1S/C23H32N2O7S3Si/c1-8-34-22(33)35-20-17(14(2)32-36(6,7)23(3,4)5)18(26)24(20)19(27)21(28)31-13-15-9-11-16(12-10-15)25(29)30/h9-12,14,17,20H,8,13H2,1-7H3/t14-,17+,20-/m1/s1. The fourth-order valence-corrected chi connectivity index (χ4v) is 7.47. The van der Waals surface area contributed by atoms with Crippen LogP contribution in [0.25, 0.3) is 0 Å². The number of hydrogen-bond acceptors (Lipinski definition) is 10. The van der Waals surface area contributed by atoms with Gasteiger partial charge in [0.1, 0.15) is 15.5 Å². The minimum absolute atomic E-state index is 0.0682. The largest absolute Gasteiger partial charge is 0.454 e. The number of benzene rings is 1. The van der Waals surface area contributed by atoms with Crippen LogP contribution in [0.15, 0.2) is 24.3 Å². The highest BCUT2D eigenvalue weighted by Crippen LogP contribution is 2.44. The Balaban J connectivity index is 2.14. The Morgan fingerprint density at radius 3 is 2.33 bits per heavy atom. The lowest BCUT2D eigenvalue weighted by Gasteiger charge is -2.49. The van der Waals surface area contributed by atoms with Gasteiger partial charge in [-0.25, -0.2) is 4.79 Å². The van der Waals surface area contributed by atoms with Crippen molar-refractivity contribution in [2.24, 2.45) is 5.92 Å². The van der Waals surface area contributed by atoms with Crippen LogP contribution in [0, 0.1) is 16.0 Å². The van der Waals surface area contributed by atoms with E-state index in [4.69, 9.17) is 21.4 Å². The number of rotatable bonds is 8. The molecule has 0 aromatic heterocycles. The highest BCUT2D eigenvalue weighted by atomic mass is 32.2. The van der Waals surface area contributed by atoms with Crippen molar-refractivity contribution in [2.45, 2.75) is 70.8 Å². The molecule has 3 atom stereocenters. The molecule has 0 unspecified atom stereocenters. The zero-order valence-corrected chi connectivity index (χ0v) is 24.9. The number of carbonyl (C=O) groups is 3. The van der Waals surface area contributed by atoms with E-state index in [0.717, 1.165) is 10.7 Å². The van der Waals surface area contributed by atoms with Gasteiger partial charge >= 0.3 is 11.9 Å². The average Bonchev–Trinajstić information content (AvgIpc) is 2.76. The highest BCUT2D eigenvalue weighted by molar-refractivity contribution is 8.47. The first kappa shape index (κ1) is 30.4. The first-order valence-electron chi connectivity index (χ1n) is 11.4. The van der Waals surface area contributed by atoms with Gasteiger partial charge in [0, 0.05) is 12.1 Å². The summed E-state index contributed by atoms with van der Waals surface area (Å²) in [6.07, 6.45) is -0.467. The smallest absolute Gasteiger partial charge is 0.397 e. The van der Waals surface area contributed by atoms with Crippen molar-refractivity contribution in [1.29, 1.82) is 0 Å². The molecule has 9 nitrogen and oxygen atoms in total. The number of carbonyl (C=O) groups excluding carboxylic acids is 3. The molecule has 198 valence electrons. The lowest BCUT2D eigenvalue weighted by molar-refractivity contribution is -0.384. The summed E-state index contributed by atoms with van der Waals surface area (Å²) in [6, 6.07) is 5.41. The number of hydrogen-bond donors (Lipinski definition) is 0. The molecule has 0 radical (unpaired) electrons. The van der Waals surface area contributed by atoms with Crippen LogP contribution in [0.1, 0.15) is 40.2 Å². The quantitative estimate of drug-likeness (QED) is 0.0789. The molecule has 1 aromatic rings. The zero-order chi connectivity index (χ0) is 27.4. The molecule has 0 bridgehead atoms. The maximum atomic E-state index is 13.1. The Morgan fingerprint density at radius 2 is 1.83 bits per heavy atom. The van der Waals surface area contributed by atoms with Crippen molar-refractivity contribution in [3.8, 4) is 0 Å².